The summed E-state index contributed by atoms with van der Waals surface area (Å²) >= 11 is 0. The van der Waals surface area contributed by atoms with Gasteiger partial charge in [-0.3, -0.25) is 14.5 Å². The minimum absolute atomic E-state index is 0.00359. The Labute approximate surface area is 349 Å². The summed E-state index contributed by atoms with van der Waals surface area (Å²) in [5.74, 6) is 0.751. The van der Waals surface area contributed by atoms with Crippen LogP contribution in [0.5, 0.6) is 11.5 Å². The zero-order valence-corrected chi connectivity index (χ0v) is 33.7. The van der Waals surface area contributed by atoms with E-state index in [1.54, 1.807) is 23.1 Å². The van der Waals surface area contributed by atoms with Gasteiger partial charge in [-0.2, -0.15) is 0 Å². The first kappa shape index (κ1) is 38.9. The topological polar surface area (TPSA) is 85.4 Å². The third kappa shape index (κ3) is 7.22. The molecule has 5 atom stereocenters. The fourth-order valence-corrected chi connectivity index (χ4v) is 11.7. The summed E-state index contributed by atoms with van der Waals surface area (Å²) in [7, 11) is 0. The van der Waals surface area contributed by atoms with Crippen molar-refractivity contribution in [3.8, 4) is 11.5 Å². The first-order valence-corrected chi connectivity index (χ1v) is 21.7. The van der Waals surface area contributed by atoms with Gasteiger partial charge in [-0.15, -0.1) is 0 Å². The van der Waals surface area contributed by atoms with Gasteiger partial charge in [-0.25, -0.2) is 13.2 Å². The van der Waals surface area contributed by atoms with Crippen LogP contribution in [0.3, 0.4) is 0 Å². The summed E-state index contributed by atoms with van der Waals surface area (Å²) in [4.78, 5) is 31.4. The van der Waals surface area contributed by atoms with Gasteiger partial charge in [0.1, 0.15) is 34.9 Å². The van der Waals surface area contributed by atoms with Crippen LogP contribution in [0.15, 0.2) is 85.1 Å². The molecule has 10 rings (SSSR count). The van der Waals surface area contributed by atoms with Gasteiger partial charge in [0, 0.05) is 49.9 Å². The number of hydrogen-bond donors (Lipinski definition) is 2. The molecule has 0 radical (unpaired) electrons. The Bertz CT molecular complexity index is 2310. The first-order valence-electron chi connectivity index (χ1n) is 21.7. The second-order valence-corrected chi connectivity index (χ2v) is 18.1. The molecule has 4 fully saturated rings. The molecule has 4 aromatic carbocycles. The summed E-state index contributed by atoms with van der Waals surface area (Å²) < 4.78 is 52.0. The number of piperidine rings is 1. The maximum Gasteiger partial charge on any atom is 0.255 e. The van der Waals surface area contributed by atoms with E-state index in [4.69, 9.17) is 4.74 Å². The molecule has 2 saturated carbocycles. The number of rotatable bonds is 8. The molecule has 60 heavy (non-hydrogen) atoms. The molecule has 11 heteroatoms. The van der Waals surface area contributed by atoms with E-state index in [0.717, 1.165) is 68.0 Å². The molecule has 0 aromatic heterocycles. The number of allylic oxidation sites excluding steroid dienone is 1. The lowest BCUT2D eigenvalue weighted by molar-refractivity contribution is -0.126. The highest BCUT2D eigenvalue weighted by atomic mass is 19.1. The number of ether oxygens (including phenoxy) is 1. The molecule has 4 aromatic rings. The van der Waals surface area contributed by atoms with Crippen molar-refractivity contribution in [1.82, 2.24) is 15.1 Å². The van der Waals surface area contributed by atoms with E-state index < -0.39 is 23.6 Å². The maximum absolute atomic E-state index is 16.0. The van der Waals surface area contributed by atoms with E-state index >= 15 is 8.78 Å². The Kier molecular flexibility index (Phi) is 10.1. The Morgan fingerprint density at radius 1 is 0.817 bits per heavy atom. The lowest BCUT2D eigenvalue weighted by atomic mass is 9.69. The van der Waals surface area contributed by atoms with Gasteiger partial charge >= 0.3 is 0 Å². The van der Waals surface area contributed by atoms with Gasteiger partial charge in [0.15, 0.2) is 5.82 Å². The van der Waals surface area contributed by atoms with Gasteiger partial charge in [0.05, 0.1) is 18.2 Å². The van der Waals surface area contributed by atoms with Crippen molar-refractivity contribution in [2.45, 2.75) is 81.9 Å². The van der Waals surface area contributed by atoms with Gasteiger partial charge in [-0.1, -0.05) is 36.9 Å². The zero-order chi connectivity index (χ0) is 41.2. The van der Waals surface area contributed by atoms with Crippen molar-refractivity contribution in [3.63, 3.8) is 0 Å². The third-order valence-electron chi connectivity index (χ3n) is 14.5. The largest absolute Gasteiger partial charge is 0.508 e. The number of carbonyl (C=O) groups is 2. The monoisotopic (exact) mass is 816 g/mol. The van der Waals surface area contributed by atoms with Crippen LogP contribution in [0, 0.1) is 35.2 Å². The van der Waals surface area contributed by atoms with Crippen LogP contribution in [-0.2, 0) is 17.8 Å². The van der Waals surface area contributed by atoms with E-state index in [1.165, 1.54) is 16.0 Å². The number of nitrogens with zero attached hydrogens (tertiary/aromatic N) is 3. The highest BCUT2D eigenvalue weighted by Gasteiger charge is 2.44. The SMILES string of the molecule is C=C1CCC(N2Cc3c(cc(F)c(N4CCN(CC5CC6CC(Oc7ccc([C@@H]8c9ccc(O)cc9CC[C@@H]8c8ccc(F)cc8)cc7)CC6C5)CC4)c3F)C2=O)C(=O)N1. The van der Waals surface area contributed by atoms with Crippen molar-refractivity contribution in [2.75, 3.05) is 37.6 Å². The number of anilines is 1. The predicted octanol–water partition coefficient (Wildman–Crippen LogP) is 8.43. The number of nitrogens with one attached hydrogen (secondary N) is 1. The number of benzene rings is 4. The molecule has 3 aliphatic carbocycles. The minimum Gasteiger partial charge on any atom is -0.508 e. The highest BCUT2D eigenvalue weighted by molar-refractivity contribution is 6.02. The van der Waals surface area contributed by atoms with Crippen LogP contribution in [0.2, 0.25) is 0 Å². The number of piperazine rings is 1. The lowest BCUT2D eigenvalue weighted by Gasteiger charge is -2.37. The predicted molar refractivity (Wildman–Crippen MR) is 222 cm³/mol. The average molecular weight is 817 g/mol. The van der Waals surface area contributed by atoms with E-state index in [1.807, 2.05) is 24.3 Å². The smallest absolute Gasteiger partial charge is 0.255 e. The van der Waals surface area contributed by atoms with E-state index in [9.17, 15) is 19.1 Å². The van der Waals surface area contributed by atoms with Gasteiger partial charge < -0.3 is 25.0 Å². The van der Waals surface area contributed by atoms with E-state index in [-0.39, 0.29) is 58.8 Å². The molecule has 3 unspecified atom stereocenters. The second-order valence-electron chi connectivity index (χ2n) is 18.1. The molecule has 6 aliphatic rings. The molecule has 2 N–H and O–H groups in total. The van der Waals surface area contributed by atoms with Crippen LogP contribution >= 0.6 is 0 Å². The Balaban J connectivity index is 0.725. The Morgan fingerprint density at radius 3 is 2.25 bits per heavy atom. The maximum atomic E-state index is 16.0. The number of halogens is 3. The summed E-state index contributed by atoms with van der Waals surface area (Å²) in [6.45, 7) is 7.13. The molecule has 8 nitrogen and oxygen atoms in total. The van der Waals surface area contributed by atoms with Crippen LogP contribution in [0.4, 0.5) is 18.9 Å². The van der Waals surface area contributed by atoms with Crippen molar-refractivity contribution < 1.29 is 32.6 Å². The number of hydrogen-bond acceptors (Lipinski definition) is 6. The van der Waals surface area contributed by atoms with Crippen LogP contribution in [-0.4, -0.2) is 71.6 Å². The zero-order valence-electron chi connectivity index (χ0n) is 33.7. The van der Waals surface area contributed by atoms with Crippen LogP contribution in [0.1, 0.15) is 95.0 Å². The first-order chi connectivity index (χ1) is 29.1. The molecule has 0 spiro atoms. The number of fused-ring (bicyclic) bond motifs is 3. The Morgan fingerprint density at radius 2 is 1.53 bits per heavy atom. The summed E-state index contributed by atoms with van der Waals surface area (Å²) in [5.41, 5.74) is 5.35. The molecule has 2 amide bonds. The van der Waals surface area contributed by atoms with Crippen molar-refractivity contribution in [1.29, 1.82) is 0 Å². The number of phenols is 1. The minimum atomic E-state index is -0.736. The van der Waals surface area contributed by atoms with Gasteiger partial charge in [-0.05, 0) is 140 Å². The van der Waals surface area contributed by atoms with Crippen LogP contribution < -0.4 is 15.0 Å². The molecule has 0 bridgehead atoms. The molecular formula is C49H51F3N4O4. The van der Waals surface area contributed by atoms with Crippen molar-refractivity contribution >= 4 is 17.5 Å². The van der Waals surface area contributed by atoms with Crippen molar-refractivity contribution in [2.24, 2.45) is 17.8 Å². The summed E-state index contributed by atoms with van der Waals surface area (Å²) in [5, 5.41) is 12.9. The summed E-state index contributed by atoms with van der Waals surface area (Å²) in [6, 6.07) is 21.5. The number of amides is 2. The van der Waals surface area contributed by atoms with E-state index in [0.29, 0.717) is 62.5 Å². The lowest BCUT2D eigenvalue weighted by Crippen LogP contribution is -2.49. The van der Waals surface area contributed by atoms with Gasteiger partial charge in [0.2, 0.25) is 5.91 Å². The molecule has 312 valence electrons. The van der Waals surface area contributed by atoms with Crippen LogP contribution in [0.25, 0.3) is 0 Å². The molecule has 3 aliphatic heterocycles. The second kappa shape index (κ2) is 15.6. The summed E-state index contributed by atoms with van der Waals surface area (Å²) in [6.07, 6.45) is 7.30. The normalized spacial score (nSPS) is 27.8. The fraction of sp³-hybridized carbons (Fsp3) is 0.429. The molecular weight excluding hydrogens is 766 g/mol. The third-order valence-corrected chi connectivity index (χ3v) is 14.5. The molecule has 3 heterocycles. The standard InChI is InChI=1S/C49H51F3N4O4/c1-28-2-15-44(48(58)53-28)56-27-42-41(49(56)59)25-43(51)47(46(42)52)55-18-16-54(17-19-55)26-29-20-33-23-38(24-34(33)21-29)60-37-11-5-31(6-12-37)45-39(30-3-8-35(50)9-4-30)13-7-32-22-36(57)10-14-40(32)45/h3-6,8-12,14,22,25,29,33-34,38-39,44-45,57H,1-2,7,13,15-21,23-24,26-27H2,(H,53,58)/t29?,33?,34?,38?,39-,44?,45+/m1/s1. The number of phenolic OH excluding ortho intramolecular Hbond substituents is 1. The number of carbonyl (C=O) groups excluding carboxylic acids is 2. The number of aryl methyl sites for hydroxylation is 1. The fourth-order valence-electron chi connectivity index (χ4n) is 11.7. The number of aromatic hydroxyl groups is 1. The Hall–Kier alpha value is -5.29. The highest BCUT2D eigenvalue weighted by Crippen LogP contribution is 2.50. The van der Waals surface area contributed by atoms with Gasteiger partial charge in [0.25, 0.3) is 5.91 Å². The molecule has 2 saturated heterocycles. The van der Waals surface area contributed by atoms with E-state index in [2.05, 4.69) is 41.1 Å². The average Bonchev–Trinajstić information content (AvgIpc) is 3.89. The van der Waals surface area contributed by atoms with Crippen molar-refractivity contribution in [3.05, 3.63) is 136 Å². The quantitative estimate of drug-likeness (QED) is 0.186.